The molecule has 18 heavy (non-hydrogen) atoms. The zero-order chi connectivity index (χ0) is 12.4. The molecular weight excluding hydrogens is 230 g/mol. The fraction of sp³-hybridized carbons (Fsp3) is 0.333. The van der Waals surface area contributed by atoms with E-state index in [1.165, 1.54) is 22.3 Å². The van der Waals surface area contributed by atoms with E-state index in [-0.39, 0.29) is 18.5 Å². The van der Waals surface area contributed by atoms with E-state index < -0.39 is 0 Å². The van der Waals surface area contributed by atoms with E-state index in [0.29, 0.717) is 0 Å². The highest BCUT2D eigenvalue weighted by Crippen LogP contribution is 2.21. The summed E-state index contributed by atoms with van der Waals surface area (Å²) < 4.78 is 0. The third-order valence-electron chi connectivity index (χ3n) is 3.09. The maximum Gasteiger partial charge on any atom is 0.243 e. The molecule has 3 rings (SSSR count). The van der Waals surface area contributed by atoms with Crippen LogP contribution in [0.2, 0.25) is 0 Å². The van der Waals surface area contributed by atoms with E-state index in [2.05, 4.69) is 32.9 Å². The molecule has 0 saturated heterocycles. The Morgan fingerprint density at radius 2 is 2.06 bits per heavy atom. The number of tetrazole rings is 1. The van der Waals surface area contributed by atoms with Gasteiger partial charge in [-0.25, -0.2) is 0 Å². The van der Waals surface area contributed by atoms with Crippen LogP contribution in [-0.2, 0) is 24.2 Å². The summed E-state index contributed by atoms with van der Waals surface area (Å²) in [6.45, 7) is 0.118. The predicted molar refractivity (Wildman–Crippen MR) is 63.6 cm³/mol. The molecule has 0 unspecified atom stereocenters. The van der Waals surface area contributed by atoms with Crippen LogP contribution in [0.5, 0.6) is 0 Å². The fourth-order valence-corrected chi connectivity index (χ4v) is 2.32. The molecule has 1 aromatic heterocycles. The zero-order valence-corrected chi connectivity index (χ0v) is 9.78. The molecule has 1 amide bonds. The van der Waals surface area contributed by atoms with Crippen molar-refractivity contribution in [2.75, 3.05) is 0 Å². The number of carbonyl (C=O) groups excluding carboxylic acids is 1. The summed E-state index contributed by atoms with van der Waals surface area (Å²) in [4.78, 5) is 13.1. The van der Waals surface area contributed by atoms with Crippen LogP contribution in [0.25, 0.3) is 0 Å². The molecule has 0 fully saturated rings. The van der Waals surface area contributed by atoms with Crippen molar-refractivity contribution in [1.29, 1.82) is 0 Å². The van der Waals surface area contributed by atoms with Crippen LogP contribution in [0.1, 0.15) is 11.1 Å². The van der Waals surface area contributed by atoms with E-state index >= 15 is 0 Å². The van der Waals surface area contributed by atoms with Gasteiger partial charge in [-0.1, -0.05) is 24.3 Å². The summed E-state index contributed by atoms with van der Waals surface area (Å²) in [5, 5.41) is 14.0. The topological polar surface area (TPSA) is 72.7 Å². The average molecular weight is 243 g/mol. The van der Waals surface area contributed by atoms with Gasteiger partial charge in [0.15, 0.2) is 6.33 Å². The first kappa shape index (κ1) is 10.9. The standard InChI is InChI=1S/C12H13N5O/c18-12(7-17-14-8-13-16-17)15-11-5-9-3-1-2-4-10(9)6-11/h1-4,8,11H,5-7H2,(H,15,18). The normalized spacial score (nSPS) is 14.4. The first-order valence-electron chi connectivity index (χ1n) is 5.88. The van der Waals surface area contributed by atoms with Crippen molar-refractivity contribution in [3.05, 3.63) is 41.7 Å². The van der Waals surface area contributed by atoms with Crippen LogP contribution in [-0.4, -0.2) is 32.2 Å². The highest BCUT2D eigenvalue weighted by Gasteiger charge is 2.22. The van der Waals surface area contributed by atoms with E-state index in [4.69, 9.17) is 0 Å². The van der Waals surface area contributed by atoms with Crippen molar-refractivity contribution >= 4 is 5.91 Å². The van der Waals surface area contributed by atoms with Crippen molar-refractivity contribution in [1.82, 2.24) is 25.5 Å². The first-order valence-corrected chi connectivity index (χ1v) is 5.88. The number of nitrogens with one attached hydrogen (secondary N) is 1. The van der Waals surface area contributed by atoms with Gasteiger partial charge in [-0.05, 0) is 29.2 Å². The molecule has 6 nitrogen and oxygen atoms in total. The fourth-order valence-electron chi connectivity index (χ4n) is 2.32. The average Bonchev–Trinajstić information content (AvgIpc) is 2.96. The Hall–Kier alpha value is -2.24. The number of fused-ring (bicyclic) bond motifs is 1. The van der Waals surface area contributed by atoms with Crippen molar-refractivity contribution < 1.29 is 4.79 Å². The van der Waals surface area contributed by atoms with Crippen molar-refractivity contribution in [3.8, 4) is 0 Å². The molecule has 92 valence electrons. The van der Waals surface area contributed by atoms with Gasteiger partial charge in [-0.2, -0.15) is 4.80 Å². The summed E-state index contributed by atoms with van der Waals surface area (Å²) in [5.41, 5.74) is 2.64. The predicted octanol–water partition coefficient (Wildman–Crippen LogP) is -0.0433. The van der Waals surface area contributed by atoms with Crippen LogP contribution in [0.15, 0.2) is 30.6 Å². The molecule has 0 atom stereocenters. The second-order valence-electron chi connectivity index (χ2n) is 4.41. The molecule has 1 heterocycles. The Morgan fingerprint density at radius 1 is 1.33 bits per heavy atom. The Morgan fingerprint density at radius 3 is 2.67 bits per heavy atom. The maximum atomic E-state index is 11.8. The second-order valence-corrected chi connectivity index (χ2v) is 4.41. The molecule has 1 aromatic carbocycles. The highest BCUT2D eigenvalue weighted by molar-refractivity contribution is 5.76. The molecule has 0 radical (unpaired) electrons. The van der Waals surface area contributed by atoms with Gasteiger partial charge in [-0.15, -0.1) is 10.2 Å². The van der Waals surface area contributed by atoms with Gasteiger partial charge in [0.2, 0.25) is 5.91 Å². The van der Waals surface area contributed by atoms with Gasteiger partial charge in [0.1, 0.15) is 6.54 Å². The lowest BCUT2D eigenvalue weighted by molar-refractivity contribution is -0.122. The minimum absolute atomic E-state index is 0.0780. The zero-order valence-electron chi connectivity index (χ0n) is 9.78. The molecule has 2 aromatic rings. The largest absolute Gasteiger partial charge is 0.351 e. The lowest BCUT2D eigenvalue weighted by Crippen LogP contribution is -2.37. The van der Waals surface area contributed by atoms with Crippen molar-refractivity contribution in [2.45, 2.75) is 25.4 Å². The van der Waals surface area contributed by atoms with Gasteiger partial charge in [-0.3, -0.25) is 4.79 Å². The molecule has 1 aliphatic carbocycles. The van der Waals surface area contributed by atoms with E-state index in [1.54, 1.807) is 0 Å². The molecule has 6 heteroatoms. The number of hydrogen-bond acceptors (Lipinski definition) is 4. The van der Waals surface area contributed by atoms with Gasteiger partial charge in [0.25, 0.3) is 0 Å². The summed E-state index contributed by atoms with van der Waals surface area (Å²) in [7, 11) is 0. The van der Waals surface area contributed by atoms with Crippen LogP contribution < -0.4 is 5.32 Å². The molecular formula is C12H13N5O. The highest BCUT2D eigenvalue weighted by atomic mass is 16.2. The minimum atomic E-state index is -0.0780. The SMILES string of the molecule is O=C(Cn1ncnn1)NC1Cc2ccccc2C1. The van der Waals surface area contributed by atoms with Gasteiger partial charge >= 0.3 is 0 Å². The number of rotatable bonds is 3. The lowest BCUT2D eigenvalue weighted by atomic mass is 10.1. The smallest absolute Gasteiger partial charge is 0.243 e. The number of aromatic nitrogens is 4. The van der Waals surface area contributed by atoms with Crippen molar-refractivity contribution in [3.63, 3.8) is 0 Å². The van der Waals surface area contributed by atoms with Crippen molar-refractivity contribution in [2.24, 2.45) is 0 Å². The van der Waals surface area contributed by atoms with E-state index in [9.17, 15) is 4.79 Å². The van der Waals surface area contributed by atoms with Crippen LogP contribution in [0, 0.1) is 0 Å². The summed E-state index contributed by atoms with van der Waals surface area (Å²) in [5.74, 6) is -0.0780. The monoisotopic (exact) mass is 243 g/mol. The second kappa shape index (κ2) is 4.56. The number of carbonyl (C=O) groups is 1. The van der Waals surface area contributed by atoms with Crippen LogP contribution in [0.4, 0.5) is 0 Å². The van der Waals surface area contributed by atoms with Gasteiger partial charge < -0.3 is 5.32 Å². The molecule has 0 bridgehead atoms. The number of nitrogens with zero attached hydrogens (tertiary/aromatic N) is 4. The number of benzene rings is 1. The van der Waals surface area contributed by atoms with Gasteiger partial charge in [0.05, 0.1) is 0 Å². The number of amides is 1. The number of hydrogen-bond donors (Lipinski definition) is 1. The van der Waals surface area contributed by atoms with Crippen LogP contribution >= 0.6 is 0 Å². The molecule has 0 aliphatic heterocycles. The Kier molecular flexibility index (Phi) is 2.76. The van der Waals surface area contributed by atoms with E-state index in [0.717, 1.165) is 12.8 Å². The van der Waals surface area contributed by atoms with E-state index in [1.807, 2.05) is 12.1 Å². The molecule has 1 aliphatic rings. The van der Waals surface area contributed by atoms with Gasteiger partial charge in [0, 0.05) is 6.04 Å². The minimum Gasteiger partial charge on any atom is -0.351 e. The third-order valence-corrected chi connectivity index (χ3v) is 3.09. The first-order chi connectivity index (χ1) is 8.81. The lowest BCUT2D eigenvalue weighted by Gasteiger charge is -2.11. The molecule has 0 spiro atoms. The maximum absolute atomic E-state index is 11.8. The summed E-state index contributed by atoms with van der Waals surface area (Å²) >= 11 is 0. The Bertz CT molecular complexity index is 526. The summed E-state index contributed by atoms with van der Waals surface area (Å²) in [6.07, 6.45) is 3.11. The molecule has 1 N–H and O–H groups in total. The molecule has 0 saturated carbocycles. The van der Waals surface area contributed by atoms with Crippen LogP contribution in [0.3, 0.4) is 0 Å². The summed E-state index contributed by atoms with van der Waals surface area (Å²) in [6, 6.07) is 8.46. The Balaban J connectivity index is 1.58. The third kappa shape index (κ3) is 2.22. The quantitative estimate of drug-likeness (QED) is 0.820. The Labute approximate surface area is 104 Å².